The lowest BCUT2D eigenvalue weighted by atomic mass is 9.99. The van der Waals surface area contributed by atoms with Gasteiger partial charge in [-0.1, -0.05) is 290 Å². The average molecular weight is 1100 g/mol. The van der Waals surface area contributed by atoms with Crippen molar-refractivity contribution in [3.05, 3.63) is 109 Å². The van der Waals surface area contributed by atoms with Crippen molar-refractivity contribution >= 4 is 5.91 Å². The van der Waals surface area contributed by atoms with Gasteiger partial charge in [0.1, 0.15) is 24.4 Å². The number of amides is 1. The second-order valence-corrected chi connectivity index (χ2v) is 22.2. The minimum Gasteiger partial charge on any atom is -0.394 e. The van der Waals surface area contributed by atoms with Gasteiger partial charge in [-0.05, 0) is 83.5 Å². The van der Waals surface area contributed by atoms with E-state index < -0.39 is 49.5 Å². The van der Waals surface area contributed by atoms with Gasteiger partial charge in [-0.3, -0.25) is 4.79 Å². The third kappa shape index (κ3) is 47.1. The van der Waals surface area contributed by atoms with E-state index in [9.17, 15) is 30.3 Å². The van der Waals surface area contributed by atoms with Crippen molar-refractivity contribution in [2.24, 2.45) is 0 Å². The highest BCUT2D eigenvalue weighted by Crippen LogP contribution is 2.23. The molecule has 79 heavy (non-hydrogen) atoms. The average Bonchev–Trinajstić information content (AvgIpc) is 3.46. The van der Waals surface area contributed by atoms with Crippen LogP contribution in [0.4, 0.5) is 0 Å². The van der Waals surface area contributed by atoms with Crippen LogP contribution in [0, 0.1) is 0 Å². The fourth-order valence-corrected chi connectivity index (χ4v) is 9.76. The highest BCUT2D eigenvalue weighted by Gasteiger charge is 2.44. The molecule has 0 spiro atoms. The van der Waals surface area contributed by atoms with Crippen LogP contribution >= 0.6 is 0 Å². The van der Waals surface area contributed by atoms with E-state index >= 15 is 0 Å². The SMILES string of the molecule is CC/C=C\C/C=C\C/C=C\C/C=C\C/C=C\C/C=C\C/C=C\C/C=C\CCCCCCCCCCCCCCCCCCC(=O)NC(COC1OC(CO)C(O)C(O)C1O)C(O)/C=C/CCCCCCCCCCCCCCC. The van der Waals surface area contributed by atoms with Crippen molar-refractivity contribution < 1.29 is 39.8 Å². The number of nitrogens with one attached hydrogen (secondary N) is 1. The van der Waals surface area contributed by atoms with Crippen molar-refractivity contribution in [2.45, 2.75) is 314 Å². The van der Waals surface area contributed by atoms with Gasteiger partial charge in [-0.2, -0.15) is 0 Å². The fourth-order valence-electron chi connectivity index (χ4n) is 9.76. The molecule has 1 rings (SSSR count). The first-order valence-electron chi connectivity index (χ1n) is 32.6. The van der Waals surface area contributed by atoms with Crippen LogP contribution < -0.4 is 5.32 Å². The molecule has 7 unspecified atom stereocenters. The lowest BCUT2D eigenvalue weighted by Gasteiger charge is -2.40. The quantitative estimate of drug-likeness (QED) is 0.0261. The van der Waals surface area contributed by atoms with Gasteiger partial charge in [-0.25, -0.2) is 0 Å². The third-order valence-corrected chi connectivity index (χ3v) is 14.9. The number of hydrogen-bond acceptors (Lipinski definition) is 8. The highest BCUT2D eigenvalue weighted by atomic mass is 16.7. The number of unbranched alkanes of at least 4 members (excludes halogenated alkanes) is 29. The third-order valence-electron chi connectivity index (χ3n) is 14.9. The minimum absolute atomic E-state index is 0.178. The summed E-state index contributed by atoms with van der Waals surface area (Å²) in [5.41, 5.74) is 0. The van der Waals surface area contributed by atoms with Gasteiger partial charge in [0.2, 0.25) is 5.91 Å². The number of hydrogen-bond donors (Lipinski definition) is 6. The zero-order valence-corrected chi connectivity index (χ0v) is 50.6. The molecule has 1 saturated heterocycles. The van der Waals surface area contributed by atoms with Gasteiger partial charge >= 0.3 is 0 Å². The molecule has 1 aliphatic heterocycles. The first kappa shape index (κ1) is 73.9. The Bertz CT molecular complexity index is 1610. The Morgan fingerprint density at radius 1 is 0.443 bits per heavy atom. The lowest BCUT2D eigenvalue weighted by molar-refractivity contribution is -0.302. The van der Waals surface area contributed by atoms with Crippen LogP contribution in [-0.2, 0) is 14.3 Å². The smallest absolute Gasteiger partial charge is 0.220 e. The molecule has 9 nitrogen and oxygen atoms in total. The molecule has 0 radical (unpaired) electrons. The Morgan fingerprint density at radius 2 is 0.785 bits per heavy atom. The molecule has 1 amide bonds. The number of allylic oxidation sites excluding steroid dienone is 17. The molecule has 1 heterocycles. The van der Waals surface area contributed by atoms with Crippen LogP contribution in [-0.4, -0.2) is 87.5 Å². The number of ether oxygens (including phenoxy) is 2. The standard InChI is InChI=1S/C70H121NO8/c1-3-5-7-9-11-13-15-17-19-20-21-22-23-24-25-26-27-28-29-30-31-32-33-34-35-36-37-38-39-40-41-42-43-44-46-48-50-52-54-56-58-60-66(74)71-63(62-78-70-69(77)68(76)67(75)65(61-72)79-70)64(73)59-57-55-53-51-49-47-45-18-16-14-12-10-8-6-4-2/h5,7,11,13,17,19,21-22,24-25,27-28,30-31,33-34,57,59,63-65,67-70,72-73,75-77H,3-4,6,8-10,12,14-16,18,20,23,26,29,32,35-56,58,60-62H2,1-2H3,(H,71,74)/b7-5-,13-11-,19-17-,22-21-,25-24-,28-27-,31-30-,34-33-,59-57+. The van der Waals surface area contributed by atoms with E-state index in [0.717, 1.165) is 89.9 Å². The van der Waals surface area contributed by atoms with E-state index in [0.29, 0.717) is 6.42 Å². The lowest BCUT2D eigenvalue weighted by Crippen LogP contribution is -2.60. The van der Waals surface area contributed by atoms with E-state index in [2.05, 4.69) is 116 Å². The first-order valence-corrected chi connectivity index (χ1v) is 32.6. The summed E-state index contributed by atoms with van der Waals surface area (Å²) in [6.07, 6.45) is 78.9. The van der Waals surface area contributed by atoms with Crippen molar-refractivity contribution in [2.75, 3.05) is 13.2 Å². The number of carbonyl (C=O) groups is 1. The van der Waals surface area contributed by atoms with E-state index in [4.69, 9.17) is 9.47 Å². The molecule has 1 aliphatic rings. The summed E-state index contributed by atoms with van der Waals surface area (Å²) < 4.78 is 11.3. The molecule has 0 saturated carbocycles. The summed E-state index contributed by atoms with van der Waals surface area (Å²) in [4.78, 5) is 13.1. The summed E-state index contributed by atoms with van der Waals surface area (Å²) in [7, 11) is 0. The summed E-state index contributed by atoms with van der Waals surface area (Å²) in [5.74, 6) is -0.178. The van der Waals surface area contributed by atoms with Crippen LogP contribution in [0.25, 0.3) is 0 Å². The van der Waals surface area contributed by atoms with Gasteiger partial charge in [-0.15, -0.1) is 0 Å². The van der Waals surface area contributed by atoms with Gasteiger partial charge in [0, 0.05) is 6.42 Å². The largest absolute Gasteiger partial charge is 0.394 e. The zero-order chi connectivity index (χ0) is 57.2. The second-order valence-electron chi connectivity index (χ2n) is 22.2. The summed E-state index contributed by atoms with van der Waals surface area (Å²) in [5, 5.41) is 54.6. The number of aliphatic hydroxyl groups excluding tert-OH is 5. The fraction of sp³-hybridized carbons (Fsp3) is 0.729. The van der Waals surface area contributed by atoms with Crippen molar-refractivity contribution in [3.63, 3.8) is 0 Å². The van der Waals surface area contributed by atoms with Crippen LogP contribution in [0.15, 0.2) is 109 Å². The molecule has 0 aromatic heterocycles. The van der Waals surface area contributed by atoms with E-state index in [-0.39, 0.29) is 12.5 Å². The van der Waals surface area contributed by atoms with Gasteiger partial charge in [0.25, 0.3) is 0 Å². The molecule has 454 valence electrons. The van der Waals surface area contributed by atoms with Crippen LogP contribution in [0.3, 0.4) is 0 Å². The van der Waals surface area contributed by atoms with Gasteiger partial charge in [0.05, 0.1) is 25.4 Å². The Balaban J connectivity index is 2.09. The van der Waals surface area contributed by atoms with Gasteiger partial charge < -0.3 is 40.3 Å². The van der Waals surface area contributed by atoms with Crippen LogP contribution in [0.1, 0.15) is 271 Å². The maximum Gasteiger partial charge on any atom is 0.220 e. The molecule has 0 bridgehead atoms. The number of rotatable bonds is 55. The molecule has 6 N–H and O–H groups in total. The minimum atomic E-state index is -1.57. The predicted octanol–water partition coefficient (Wildman–Crippen LogP) is 17.3. The summed E-state index contributed by atoms with van der Waals surface area (Å²) >= 11 is 0. The maximum atomic E-state index is 13.1. The second kappa shape index (κ2) is 58.1. The van der Waals surface area contributed by atoms with Crippen molar-refractivity contribution in [3.8, 4) is 0 Å². The Morgan fingerprint density at radius 3 is 1.16 bits per heavy atom. The van der Waals surface area contributed by atoms with Crippen molar-refractivity contribution in [1.29, 1.82) is 0 Å². The molecule has 1 fully saturated rings. The van der Waals surface area contributed by atoms with Crippen molar-refractivity contribution in [1.82, 2.24) is 5.32 Å². The number of carbonyl (C=O) groups excluding carboxylic acids is 1. The maximum absolute atomic E-state index is 13.1. The number of aliphatic hydroxyl groups is 5. The summed E-state index contributed by atoms with van der Waals surface area (Å²) in [6.45, 7) is 3.67. The van der Waals surface area contributed by atoms with E-state index in [1.807, 2.05) is 6.08 Å². The van der Waals surface area contributed by atoms with Crippen LogP contribution in [0.2, 0.25) is 0 Å². The first-order chi connectivity index (χ1) is 38.8. The van der Waals surface area contributed by atoms with Crippen LogP contribution in [0.5, 0.6) is 0 Å². The van der Waals surface area contributed by atoms with E-state index in [1.54, 1.807) is 6.08 Å². The van der Waals surface area contributed by atoms with E-state index in [1.165, 1.54) is 161 Å². The Kier molecular flexibility index (Phi) is 54.3. The summed E-state index contributed by atoms with van der Waals surface area (Å²) in [6, 6.07) is -0.809. The van der Waals surface area contributed by atoms with Gasteiger partial charge in [0.15, 0.2) is 6.29 Å². The molecule has 0 aromatic carbocycles. The molecule has 0 aromatic rings. The molecule has 0 aliphatic carbocycles. The monoisotopic (exact) mass is 1100 g/mol. The predicted molar refractivity (Wildman–Crippen MR) is 336 cm³/mol. The topological polar surface area (TPSA) is 149 Å². The molecule has 9 heteroatoms. The molecular weight excluding hydrogens is 983 g/mol. The Hall–Kier alpha value is -3.15. The Labute approximate surface area is 485 Å². The molecule has 7 atom stereocenters. The zero-order valence-electron chi connectivity index (χ0n) is 50.6. The normalized spacial score (nSPS) is 19.3. The highest BCUT2D eigenvalue weighted by molar-refractivity contribution is 5.76. The molecular formula is C70H121NO8.